The third-order valence-electron chi connectivity index (χ3n) is 3.62. The average Bonchev–Trinajstić information content (AvgIpc) is 2.92. The van der Waals surface area contributed by atoms with E-state index in [-0.39, 0.29) is 0 Å². The second-order valence-corrected chi connectivity index (χ2v) is 4.99. The van der Waals surface area contributed by atoms with Gasteiger partial charge in [0.25, 0.3) is 0 Å². The van der Waals surface area contributed by atoms with Crippen LogP contribution in [-0.4, -0.2) is 14.8 Å². The van der Waals surface area contributed by atoms with Crippen LogP contribution in [0.5, 0.6) is 0 Å². The van der Waals surface area contributed by atoms with Gasteiger partial charge >= 0.3 is 0 Å². The summed E-state index contributed by atoms with van der Waals surface area (Å²) < 4.78 is 1.91. The zero-order valence-electron chi connectivity index (χ0n) is 11.1. The number of hydrogen-bond acceptors (Lipinski definition) is 2. The first-order valence-corrected chi connectivity index (χ1v) is 6.63. The van der Waals surface area contributed by atoms with Gasteiger partial charge in [0.2, 0.25) is 0 Å². The minimum atomic E-state index is 0.927. The van der Waals surface area contributed by atoms with Crippen molar-refractivity contribution in [1.29, 1.82) is 0 Å². The van der Waals surface area contributed by atoms with Gasteiger partial charge in [-0.25, -0.2) is 4.52 Å². The van der Waals surface area contributed by atoms with Gasteiger partial charge in [-0.05, 0) is 19.1 Å². The van der Waals surface area contributed by atoms with Crippen LogP contribution in [0.25, 0.3) is 27.7 Å². The molecule has 3 nitrogen and oxygen atoms in total. The third kappa shape index (κ3) is 1.60. The fourth-order valence-electron chi connectivity index (χ4n) is 2.52. The third-order valence-corrected chi connectivity index (χ3v) is 3.62. The van der Waals surface area contributed by atoms with Gasteiger partial charge in [-0.2, -0.15) is 0 Å². The van der Waals surface area contributed by atoms with Crippen molar-refractivity contribution in [3.63, 3.8) is 0 Å². The molecule has 0 aliphatic carbocycles. The Balaban J connectivity index is 2.02. The lowest BCUT2D eigenvalue weighted by Gasteiger charge is -2.01. The minimum Gasteiger partial charge on any atom is -0.212 e. The fourth-order valence-corrected chi connectivity index (χ4v) is 2.52. The van der Waals surface area contributed by atoms with Crippen LogP contribution in [0.3, 0.4) is 0 Å². The summed E-state index contributed by atoms with van der Waals surface area (Å²) in [4.78, 5) is 0. The van der Waals surface area contributed by atoms with Gasteiger partial charge in [-0.15, -0.1) is 5.10 Å². The lowest BCUT2D eigenvalue weighted by molar-refractivity contribution is 0.884. The van der Waals surface area contributed by atoms with Crippen LogP contribution in [0.1, 0.15) is 5.56 Å². The first kappa shape index (κ1) is 11.2. The van der Waals surface area contributed by atoms with E-state index in [9.17, 15) is 0 Å². The van der Waals surface area contributed by atoms with Gasteiger partial charge in [0.15, 0.2) is 0 Å². The lowest BCUT2D eigenvalue weighted by Crippen LogP contribution is -1.89. The number of benzene rings is 2. The van der Waals surface area contributed by atoms with Gasteiger partial charge < -0.3 is 0 Å². The van der Waals surface area contributed by atoms with Crippen molar-refractivity contribution in [3.05, 3.63) is 66.2 Å². The Bertz CT molecular complexity index is 904. The van der Waals surface area contributed by atoms with Gasteiger partial charge in [0.1, 0.15) is 5.69 Å². The van der Waals surface area contributed by atoms with E-state index in [1.54, 1.807) is 0 Å². The van der Waals surface area contributed by atoms with Crippen molar-refractivity contribution in [2.75, 3.05) is 0 Å². The molecule has 0 aliphatic heterocycles. The summed E-state index contributed by atoms with van der Waals surface area (Å²) in [6.07, 6.45) is 0. The topological polar surface area (TPSA) is 30.2 Å². The van der Waals surface area contributed by atoms with Crippen molar-refractivity contribution in [1.82, 2.24) is 14.8 Å². The maximum absolute atomic E-state index is 4.36. The molecule has 0 atom stereocenters. The molecule has 0 spiro atoms. The number of nitrogens with zero attached hydrogens (tertiary/aromatic N) is 3. The lowest BCUT2D eigenvalue weighted by atomic mass is 10.1. The smallest absolute Gasteiger partial charge is 0.120 e. The number of aryl methyl sites for hydroxylation is 1. The number of pyridine rings is 1. The Labute approximate surface area is 116 Å². The quantitative estimate of drug-likeness (QED) is 0.519. The number of rotatable bonds is 1. The predicted octanol–water partition coefficient (Wildman–Crippen LogP) is 3.86. The second kappa shape index (κ2) is 4.17. The monoisotopic (exact) mass is 259 g/mol. The second-order valence-electron chi connectivity index (χ2n) is 4.99. The average molecular weight is 259 g/mol. The van der Waals surface area contributed by atoms with Crippen LogP contribution in [0.4, 0.5) is 0 Å². The Kier molecular flexibility index (Phi) is 2.33. The zero-order valence-corrected chi connectivity index (χ0v) is 11.1. The molecule has 0 N–H and O–H groups in total. The molecule has 2 aromatic heterocycles. The number of fused-ring (bicyclic) bond motifs is 3. The Morgan fingerprint density at radius 1 is 0.800 bits per heavy atom. The van der Waals surface area contributed by atoms with Crippen LogP contribution >= 0.6 is 0 Å². The molecule has 0 bridgehead atoms. The Morgan fingerprint density at radius 3 is 2.45 bits per heavy atom. The van der Waals surface area contributed by atoms with Crippen LogP contribution < -0.4 is 0 Å². The Morgan fingerprint density at radius 2 is 1.60 bits per heavy atom. The molecule has 0 unspecified atom stereocenters. The molecule has 0 saturated carbocycles. The van der Waals surface area contributed by atoms with Crippen molar-refractivity contribution >= 4 is 16.4 Å². The molecule has 4 rings (SSSR count). The summed E-state index contributed by atoms with van der Waals surface area (Å²) >= 11 is 0. The fraction of sp³-hybridized carbons (Fsp3) is 0.0588. The van der Waals surface area contributed by atoms with Crippen molar-refractivity contribution in [2.45, 2.75) is 6.92 Å². The van der Waals surface area contributed by atoms with Crippen molar-refractivity contribution < 1.29 is 0 Å². The van der Waals surface area contributed by atoms with E-state index in [2.05, 4.69) is 65.8 Å². The van der Waals surface area contributed by atoms with Gasteiger partial charge in [-0.1, -0.05) is 59.3 Å². The standard InChI is InChI=1S/C17H13N3/c1-12-6-8-14(9-7-12)17-16-11-10-13-4-2-3-5-15(13)20(16)19-18-17/h2-11H,1H3. The van der Waals surface area contributed by atoms with E-state index in [0.29, 0.717) is 0 Å². The summed E-state index contributed by atoms with van der Waals surface area (Å²) in [5, 5.41) is 9.84. The molecule has 20 heavy (non-hydrogen) atoms. The molecule has 3 heteroatoms. The van der Waals surface area contributed by atoms with Crippen molar-refractivity contribution in [3.8, 4) is 11.3 Å². The largest absolute Gasteiger partial charge is 0.212 e. The van der Waals surface area contributed by atoms with Crippen LogP contribution in [0, 0.1) is 6.92 Å². The summed E-state index contributed by atoms with van der Waals surface area (Å²) in [5.74, 6) is 0. The number of para-hydroxylation sites is 1. The van der Waals surface area contributed by atoms with E-state index in [4.69, 9.17) is 0 Å². The molecule has 0 fully saturated rings. The Hall–Kier alpha value is -2.68. The van der Waals surface area contributed by atoms with E-state index in [0.717, 1.165) is 22.3 Å². The highest BCUT2D eigenvalue weighted by Gasteiger charge is 2.10. The molecule has 0 aliphatic rings. The molecule has 96 valence electrons. The van der Waals surface area contributed by atoms with E-state index in [1.807, 2.05) is 16.6 Å². The molecule has 0 radical (unpaired) electrons. The van der Waals surface area contributed by atoms with Gasteiger partial charge in [-0.3, -0.25) is 0 Å². The highest BCUT2D eigenvalue weighted by molar-refractivity contribution is 5.86. The summed E-state index contributed by atoms with van der Waals surface area (Å²) in [7, 11) is 0. The van der Waals surface area contributed by atoms with Crippen molar-refractivity contribution in [2.24, 2.45) is 0 Å². The summed E-state index contributed by atoms with van der Waals surface area (Å²) in [6.45, 7) is 2.08. The first-order valence-electron chi connectivity index (χ1n) is 6.63. The maximum atomic E-state index is 4.36. The maximum Gasteiger partial charge on any atom is 0.120 e. The van der Waals surface area contributed by atoms with Gasteiger partial charge in [0, 0.05) is 10.9 Å². The minimum absolute atomic E-state index is 0.927. The van der Waals surface area contributed by atoms with E-state index < -0.39 is 0 Å². The molecular weight excluding hydrogens is 246 g/mol. The molecule has 2 heterocycles. The van der Waals surface area contributed by atoms with E-state index >= 15 is 0 Å². The van der Waals surface area contributed by atoms with Crippen LogP contribution in [-0.2, 0) is 0 Å². The molecule has 0 amide bonds. The molecule has 2 aromatic carbocycles. The van der Waals surface area contributed by atoms with Gasteiger partial charge in [0.05, 0.1) is 11.0 Å². The highest BCUT2D eigenvalue weighted by atomic mass is 15.4. The highest BCUT2D eigenvalue weighted by Crippen LogP contribution is 2.25. The molecular formula is C17H13N3. The van der Waals surface area contributed by atoms with E-state index in [1.165, 1.54) is 10.9 Å². The number of hydrogen-bond donors (Lipinski definition) is 0. The SMILES string of the molecule is Cc1ccc(-c2nnn3c2ccc2ccccc23)cc1. The summed E-state index contributed by atoms with van der Waals surface area (Å²) in [5.41, 5.74) is 5.38. The summed E-state index contributed by atoms with van der Waals surface area (Å²) in [6, 6.07) is 20.8. The predicted molar refractivity (Wildman–Crippen MR) is 80.7 cm³/mol. The first-order chi connectivity index (χ1) is 9.83. The zero-order chi connectivity index (χ0) is 13.5. The molecule has 4 aromatic rings. The molecule has 0 saturated heterocycles. The van der Waals surface area contributed by atoms with Crippen LogP contribution in [0.15, 0.2) is 60.7 Å². The normalized spacial score (nSPS) is 11.2. The van der Waals surface area contributed by atoms with Crippen LogP contribution in [0.2, 0.25) is 0 Å². The number of aromatic nitrogens is 3.